The molecule has 9 heteroatoms. The first-order valence-electron chi connectivity index (χ1n) is 10.3. The van der Waals surface area contributed by atoms with Gasteiger partial charge >= 0.3 is 6.18 Å². The zero-order valence-electron chi connectivity index (χ0n) is 18.5. The zero-order chi connectivity index (χ0) is 24.9. The molecule has 0 fully saturated rings. The predicted octanol–water partition coefficient (Wildman–Crippen LogP) is 4.29. The maximum absolute atomic E-state index is 13.9. The lowest BCUT2D eigenvalue weighted by atomic mass is 9.89. The van der Waals surface area contributed by atoms with Gasteiger partial charge < -0.3 is 16.2 Å². The van der Waals surface area contributed by atoms with Crippen LogP contribution in [0.2, 0.25) is 0 Å². The van der Waals surface area contributed by atoms with E-state index in [9.17, 15) is 33.1 Å². The van der Waals surface area contributed by atoms with Crippen LogP contribution in [0.4, 0.5) is 13.2 Å². The number of hydrogen-bond donors (Lipinski definition) is 3. The summed E-state index contributed by atoms with van der Waals surface area (Å²) in [5.74, 6) is -3.57. The number of nitrogens with two attached hydrogens (primary N) is 1. The smallest absolute Gasteiger partial charge is 0.398 e. The van der Waals surface area contributed by atoms with Crippen LogP contribution in [0.15, 0.2) is 42.5 Å². The molecule has 0 aliphatic rings. The van der Waals surface area contributed by atoms with E-state index in [0.717, 1.165) is 0 Å². The number of amides is 1. The fourth-order valence-electron chi connectivity index (χ4n) is 3.52. The Morgan fingerprint density at radius 3 is 2.18 bits per heavy atom. The van der Waals surface area contributed by atoms with E-state index in [1.165, 1.54) is 49.4 Å². The summed E-state index contributed by atoms with van der Waals surface area (Å²) in [5.41, 5.74) is 6.68. The third-order valence-corrected chi connectivity index (χ3v) is 5.16. The Morgan fingerprint density at radius 1 is 1.12 bits per heavy atom. The molecule has 2 rings (SSSR count). The molecule has 1 amide bonds. The lowest BCUT2D eigenvalue weighted by Gasteiger charge is -2.27. The number of nitrogens with zero attached hydrogens (tertiary/aromatic N) is 1. The molecule has 0 saturated heterocycles. The molecule has 33 heavy (non-hydrogen) atoms. The molecule has 0 radical (unpaired) electrons. The van der Waals surface area contributed by atoms with Crippen molar-refractivity contribution >= 4 is 11.7 Å². The summed E-state index contributed by atoms with van der Waals surface area (Å²) in [6.45, 7) is 4.93. The molecule has 4 N–H and O–H groups in total. The first-order valence-corrected chi connectivity index (χ1v) is 10.3. The molecule has 0 aliphatic heterocycles. The van der Waals surface area contributed by atoms with Gasteiger partial charge in [0.1, 0.15) is 17.7 Å². The second-order valence-corrected chi connectivity index (χ2v) is 8.28. The van der Waals surface area contributed by atoms with Crippen LogP contribution in [0.5, 0.6) is 5.75 Å². The molecule has 2 aromatic rings. The first kappa shape index (κ1) is 25.9. The maximum atomic E-state index is 13.9. The number of benzene rings is 2. The first-order chi connectivity index (χ1) is 15.3. The topological polar surface area (TPSA) is 116 Å². The highest BCUT2D eigenvalue weighted by molar-refractivity contribution is 5.98. The number of halogens is 3. The van der Waals surface area contributed by atoms with Crippen LogP contribution in [-0.4, -0.2) is 35.1 Å². The van der Waals surface area contributed by atoms with Gasteiger partial charge in [-0.15, -0.1) is 0 Å². The average Bonchev–Trinajstić information content (AvgIpc) is 2.72. The van der Waals surface area contributed by atoms with Crippen LogP contribution in [0.3, 0.4) is 0 Å². The third kappa shape index (κ3) is 6.56. The number of hydrogen-bond acceptors (Lipinski definition) is 5. The fourth-order valence-corrected chi connectivity index (χ4v) is 3.52. The van der Waals surface area contributed by atoms with Gasteiger partial charge in [0.2, 0.25) is 5.91 Å². The van der Waals surface area contributed by atoms with Crippen LogP contribution in [0.25, 0.3) is 11.1 Å². The van der Waals surface area contributed by atoms with Crippen molar-refractivity contribution in [3.8, 4) is 22.9 Å². The number of nitriles is 1. The van der Waals surface area contributed by atoms with Crippen molar-refractivity contribution in [1.29, 1.82) is 5.26 Å². The van der Waals surface area contributed by atoms with E-state index in [2.05, 4.69) is 5.32 Å². The van der Waals surface area contributed by atoms with Crippen molar-refractivity contribution < 1.29 is 27.9 Å². The van der Waals surface area contributed by atoms with E-state index in [1.54, 1.807) is 6.07 Å². The van der Waals surface area contributed by atoms with E-state index in [1.807, 2.05) is 13.8 Å². The maximum Gasteiger partial charge on any atom is 0.398 e. The highest BCUT2D eigenvalue weighted by Gasteiger charge is 2.47. The summed E-state index contributed by atoms with van der Waals surface area (Å²) in [4.78, 5) is 23.9. The monoisotopic (exact) mass is 461 g/mol. The normalized spacial score (nSPS) is 14.3. The molecule has 2 aromatic carbocycles. The molecule has 1 unspecified atom stereocenters. The Morgan fingerprint density at radius 2 is 1.70 bits per heavy atom. The van der Waals surface area contributed by atoms with E-state index in [0.29, 0.717) is 11.1 Å². The third-order valence-electron chi connectivity index (χ3n) is 5.16. The summed E-state index contributed by atoms with van der Waals surface area (Å²) in [6.07, 6.45) is -4.54. The highest BCUT2D eigenvalue weighted by atomic mass is 19.4. The van der Waals surface area contributed by atoms with Gasteiger partial charge in [-0.3, -0.25) is 9.59 Å². The van der Waals surface area contributed by atoms with Crippen molar-refractivity contribution in [2.75, 3.05) is 0 Å². The molecule has 176 valence electrons. The molecule has 0 bridgehead atoms. The quantitative estimate of drug-likeness (QED) is 0.507. The van der Waals surface area contributed by atoms with Crippen molar-refractivity contribution in [1.82, 2.24) is 5.32 Å². The van der Waals surface area contributed by atoms with E-state index >= 15 is 0 Å². The van der Waals surface area contributed by atoms with Gasteiger partial charge in [0.15, 0.2) is 5.78 Å². The summed E-state index contributed by atoms with van der Waals surface area (Å²) in [7, 11) is 0. The second kappa shape index (κ2) is 10.5. The van der Waals surface area contributed by atoms with Gasteiger partial charge in [0.05, 0.1) is 17.7 Å². The Kier molecular flexibility index (Phi) is 8.23. The van der Waals surface area contributed by atoms with Gasteiger partial charge in [0, 0.05) is 0 Å². The number of phenolic OH excluding ortho intramolecular Hbond substituents is 1. The van der Waals surface area contributed by atoms with Crippen molar-refractivity contribution in [2.24, 2.45) is 11.7 Å². The van der Waals surface area contributed by atoms with E-state index in [-0.39, 0.29) is 35.0 Å². The van der Waals surface area contributed by atoms with Gasteiger partial charge in [0.25, 0.3) is 0 Å². The Balaban J connectivity index is 2.36. The largest absolute Gasteiger partial charge is 0.507 e. The van der Waals surface area contributed by atoms with Gasteiger partial charge in [-0.25, -0.2) is 0 Å². The lowest BCUT2D eigenvalue weighted by molar-refractivity contribution is -0.155. The molecule has 3 atom stereocenters. The van der Waals surface area contributed by atoms with Crippen LogP contribution in [0, 0.1) is 17.2 Å². The van der Waals surface area contributed by atoms with Gasteiger partial charge in [-0.2, -0.15) is 18.4 Å². The van der Waals surface area contributed by atoms with Crippen LogP contribution in [-0.2, 0) is 4.79 Å². The Labute approximate surface area is 190 Å². The molecular weight excluding hydrogens is 435 g/mol. The zero-order valence-corrected chi connectivity index (χ0v) is 18.5. The minimum Gasteiger partial charge on any atom is -0.507 e. The van der Waals surface area contributed by atoms with Crippen LogP contribution in [0.1, 0.15) is 49.0 Å². The molecule has 0 aliphatic carbocycles. The molecule has 0 aromatic heterocycles. The van der Waals surface area contributed by atoms with Crippen LogP contribution < -0.4 is 11.1 Å². The summed E-state index contributed by atoms with van der Waals surface area (Å²) >= 11 is 0. The number of nitrogens with one attached hydrogen (secondary N) is 1. The Bertz CT molecular complexity index is 1040. The SMILES string of the molecule is CC(=O)c1cc(-c2ccc([C@@H](C(C#N)NC(=O)[C@@H](N)CC(C)C)C(F)(F)F)cc2)ccc1O. The summed E-state index contributed by atoms with van der Waals surface area (Å²) in [6, 6.07) is 8.26. The summed E-state index contributed by atoms with van der Waals surface area (Å²) in [5, 5.41) is 21.3. The number of ketones is 1. The van der Waals surface area contributed by atoms with Crippen molar-refractivity contribution in [3.63, 3.8) is 0 Å². The average molecular weight is 461 g/mol. The standard InChI is InChI=1S/C24H26F3N3O3/c1-13(2)10-19(29)23(33)30-20(12-28)22(24(25,26)27)16-6-4-15(5-7-16)17-8-9-21(32)18(11-17)14(3)31/h4-9,11,13,19-20,22,32H,10,29H2,1-3H3,(H,30,33)/t19-,20?,22-/m0/s1. The second-order valence-electron chi connectivity index (χ2n) is 8.28. The van der Waals surface area contributed by atoms with Crippen molar-refractivity contribution in [2.45, 2.75) is 51.4 Å². The van der Waals surface area contributed by atoms with Crippen molar-refractivity contribution in [3.05, 3.63) is 53.6 Å². The fraction of sp³-hybridized carbons (Fsp3) is 0.375. The molecule has 0 saturated carbocycles. The van der Waals surface area contributed by atoms with Gasteiger partial charge in [-0.1, -0.05) is 44.2 Å². The number of phenols is 1. The number of aromatic hydroxyl groups is 1. The summed E-state index contributed by atoms with van der Waals surface area (Å²) < 4.78 is 41.7. The van der Waals surface area contributed by atoms with Crippen LogP contribution >= 0.6 is 0 Å². The Hall–Kier alpha value is -3.38. The van der Waals surface area contributed by atoms with E-state index in [4.69, 9.17) is 5.73 Å². The number of alkyl halides is 3. The molecular formula is C24H26F3N3O3. The lowest BCUT2D eigenvalue weighted by Crippen LogP contribution is -2.49. The molecule has 6 nitrogen and oxygen atoms in total. The number of carbonyl (C=O) groups is 2. The molecule has 0 spiro atoms. The van der Waals surface area contributed by atoms with E-state index < -0.39 is 30.1 Å². The minimum absolute atomic E-state index is 0.0562. The number of carbonyl (C=O) groups excluding carboxylic acids is 2. The number of Topliss-reactive ketones (excluding diaryl/α,β-unsaturated/α-hetero) is 1. The number of rotatable bonds is 8. The minimum atomic E-state index is -4.81. The molecule has 0 heterocycles. The highest BCUT2D eigenvalue weighted by Crippen LogP contribution is 2.38. The van der Waals surface area contributed by atoms with Gasteiger partial charge in [-0.05, 0) is 48.1 Å². The predicted molar refractivity (Wildman–Crippen MR) is 117 cm³/mol.